The van der Waals surface area contributed by atoms with Crippen LogP contribution >= 0.6 is 11.6 Å². The molecule has 0 atom stereocenters. The van der Waals surface area contributed by atoms with Crippen molar-refractivity contribution in [2.45, 2.75) is 37.8 Å². The SMILES string of the molecule is COc1cc(NS(=O)(=O)c2cccnc2Cl)cnc1CN(C(=O)O)C(C)(C)C. The van der Waals surface area contributed by atoms with Gasteiger partial charge in [-0.25, -0.2) is 18.2 Å². The van der Waals surface area contributed by atoms with Crippen molar-refractivity contribution in [2.24, 2.45) is 0 Å². The van der Waals surface area contributed by atoms with Gasteiger partial charge in [-0.1, -0.05) is 11.6 Å². The van der Waals surface area contributed by atoms with Gasteiger partial charge in [-0.05, 0) is 32.9 Å². The molecule has 0 aliphatic heterocycles. The highest BCUT2D eigenvalue weighted by atomic mass is 35.5. The normalized spacial score (nSPS) is 11.8. The maximum atomic E-state index is 12.5. The van der Waals surface area contributed by atoms with Crippen LogP contribution in [0.25, 0.3) is 0 Å². The van der Waals surface area contributed by atoms with Crippen LogP contribution in [0, 0.1) is 0 Å². The summed E-state index contributed by atoms with van der Waals surface area (Å²) in [6.07, 6.45) is 1.55. The first-order valence-corrected chi connectivity index (χ1v) is 9.98. The van der Waals surface area contributed by atoms with E-state index in [1.165, 1.54) is 42.6 Å². The Balaban J connectivity index is 2.33. The van der Waals surface area contributed by atoms with Crippen molar-refractivity contribution < 1.29 is 23.1 Å². The number of anilines is 1. The van der Waals surface area contributed by atoms with Crippen LogP contribution in [0.4, 0.5) is 10.5 Å². The maximum Gasteiger partial charge on any atom is 0.408 e. The van der Waals surface area contributed by atoms with E-state index in [-0.39, 0.29) is 28.0 Å². The number of carbonyl (C=O) groups is 1. The monoisotopic (exact) mass is 428 g/mol. The Morgan fingerprint density at radius 1 is 1.36 bits per heavy atom. The molecule has 0 aliphatic rings. The molecule has 2 heterocycles. The molecule has 0 saturated heterocycles. The molecule has 1 amide bonds. The predicted molar refractivity (Wildman–Crippen MR) is 104 cm³/mol. The fourth-order valence-corrected chi connectivity index (χ4v) is 3.84. The Bertz CT molecular complexity index is 976. The Morgan fingerprint density at radius 2 is 2.04 bits per heavy atom. The van der Waals surface area contributed by atoms with E-state index < -0.39 is 21.7 Å². The Kier molecular flexibility index (Phi) is 6.35. The van der Waals surface area contributed by atoms with Crippen molar-refractivity contribution in [3.8, 4) is 5.75 Å². The first-order chi connectivity index (χ1) is 13.0. The second kappa shape index (κ2) is 8.19. The lowest BCUT2D eigenvalue weighted by molar-refractivity contribution is 0.0941. The summed E-state index contributed by atoms with van der Waals surface area (Å²) in [5.41, 5.74) is -0.170. The van der Waals surface area contributed by atoms with Crippen molar-refractivity contribution in [3.05, 3.63) is 41.4 Å². The minimum Gasteiger partial charge on any atom is -0.495 e. The molecule has 152 valence electrons. The molecule has 0 radical (unpaired) electrons. The van der Waals surface area contributed by atoms with Crippen LogP contribution in [-0.4, -0.2) is 47.1 Å². The summed E-state index contributed by atoms with van der Waals surface area (Å²) < 4.78 is 32.7. The van der Waals surface area contributed by atoms with E-state index in [9.17, 15) is 18.3 Å². The smallest absolute Gasteiger partial charge is 0.408 e. The molecule has 0 spiro atoms. The zero-order valence-corrected chi connectivity index (χ0v) is 17.4. The van der Waals surface area contributed by atoms with Gasteiger partial charge in [0, 0.05) is 17.8 Å². The molecule has 0 aromatic carbocycles. The second-order valence-electron chi connectivity index (χ2n) is 6.81. The van der Waals surface area contributed by atoms with Gasteiger partial charge in [0.05, 0.1) is 25.5 Å². The predicted octanol–water partition coefficient (Wildman–Crippen LogP) is 3.22. The topological polar surface area (TPSA) is 122 Å². The maximum absolute atomic E-state index is 12.5. The number of ether oxygens (including phenoxy) is 1. The molecule has 28 heavy (non-hydrogen) atoms. The van der Waals surface area contributed by atoms with Crippen molar-refractivity contribution in [1.82, 2.24) is 14.9 Å². The number of pyridine rings is 2. The lowest BCUT2D eigenvalue weighted by atomic mass is 10.1. The summed E-state index contributed by atoms with van der Waals surface area (Å²) in [5.74, 6) is 0.244. The first-order valence-electron chi connectivity index (χ1n) is 8.12. The summed E-state index contributed by atoms with van der Waals surface area (Å²) in [6, 6.07) is 4.20. The Morgan fingerprint density at radius 3 is 2.57 bits per heavy atom. The number of nitrogens with zero attached hydrogens (tertiary/aromatic N) is 3. The number of rotatable bonds is 6. The third-order valence-corrected chi connectivity index (χ3v) is 5.59. The molecular weight excluding hydrogens is 408 g/mol. The average Bonchev–Trinajstić information content (AvgIpc) is 2.58. The minimum atomic E-state index is -3.99. The molecule has 11 heteroatoms. The summed E-state index contributed by atoms with van der Waals surface area (Å²) in [4.78, 5) is 20.5. The largest absolute Gasteiger partial charge is 0.495 e. The van der Waals surface area contributed by atoms with Crippen LogP contribution in [0.15, 0.2) is 35.5 Å². The van der Waals surface area contributed by atoms with Crippen molar-refractivity contribution in [1.29, 1.82) is 0 Å². The quantitative estimate of drug-likeness (QED) is 0.677. The van der Waals surface area contributed by atoms with Gasteiger partial charge in [-0.15, -0.1) is 0 Å². The van der Waals surface area contributed by atoms with E-state index in [4.69, 9.17) is 16.3 Å². The van der Waals surface area contributed by atoms with Gasteiger partial charge in [0.25, 0.3) is 10.0 Å². The fraction of sp³-hybridized carbons (Fsp3) is 0.353. The van der Waals surface area contributed by atoms with E-state index in [2.05, 4.69) is 14.7 Å². The number of amides is 1. The Hall–Kier alpha value is -2.59. The number of carboxylic acid groups (broad SMARTS) is 1. The molecule has 0 unspecified atom stereocenters. The molecule has 0 saturated carbocycles. The molecule has 2 rings (SSSR count). The lowest BCUT2D eigenvalue weighted by Crippen LogP contribution is -2.44. The van der Waals surface area contributed by atoms with E-state index in [1.807, 2.05) is 0 Å². The molecule has 2 aromatic heterocycles. The fourth-order valence-electron chi connectivity index (χ4n) is 2.35. The number of sulfonamides is 1. The zero-order chi connectivity index (χ0) is 21.1. The van der Waals surface area contributed by atoms with E-state index in [0.29, 0.717) is 5.69 Å². The summed E-state index contributed by atoms with van der Waals surface area (Å²) in [6.45, 7) is 5.25. The summed E-state index contributed by atoms with van der Waals surface area (Å²) >= 11 is 5.86. The van der Waals surface area contributed by atoms with E-state index >= 15 is 0 Å². The van der Waals surface area contributed by atoms with Crippen LogP contribution in [-0.2, 0) is 16.6 Å². The van der Waals surface area contributed by atoms with Crippen LogP contribution in [0.5, 0.6) is 5.75 Å². The van der Waals surface area contributed by atoms with Crippen LogP contribution in [0.1, 0.15) is 26.5 Å². The zero-order valence-electron chi connectivity index (χ0n) is 15.8. The van der Waals surface area contributed by atoms with Gasteiger partial charge in [-0.3, -0.25) is 14.6 Å². The van der Waals surface area contributed by atoms with E-state index in [0.717, 1.165) is 0 Å². The molecule has 0 fully saturated rings. The highest BCUT2D eigenvalue weighted by Gasteiger charge is 2.28. The van der Waals surface area contributed by atoms with Gasteiger partial charge >= 0.3 is 6.09 Å². The molecule has 9 nitrogen and oxygen atoms in total. The standard InChI is InChI=1S/C17H21ClN4O5S/c1-17(2,3)22(16(23)24)10-12-13(27-4)8-11(9-20-12)21-28(25,26)14-6-5-7-19-15(14)18/h5-9,21H,10H2,1-4H3,(H,23,24). The number of hydrogen-bond acceptors (Lipinski definition) is 6. The first kappa shape index (κ1) is 21.7. The van der Waals surface area contributed by atoms with Gasteiger partial charge in [-0.2, -0.15) is 0 Å². The number of nitrogens with one attached hydrogen (secondary N) is 1. The molecule has 2 aromatic rings. The van der Waals surface area contributed by atoms with Gasteiger partial charge in [0.15, 0.2) is 0 Å². The third kappa shape index (κ3) is 5.02. The summed E-state index contributed by atoms with van der Waals surface area (Å²) in [7, 11) is -2.60. The second-order valence-corrected chi connectivity index (χ2v) is 8.82. The summed E-state index contributed by atoms with van der Waals surface area (Å²) in [5, 5.41) is 9.28. The molecule has 0 bridgehead atoms. The number of methoxy groups -OCH3 is 1. The number of hydrogen-bond donors (Lipinski definition) is 2. The van der Waals surface area contributed by atoms with Crippen LogP contribution < -0.4 is 9.46 Å². The lowest BCUT2D eigenvalue weighted by Gasteiger charge is -2.33. The van der Waals surface area contributed by atoms with E-state index in [1.54, 1.807) is 20.8 Å². The molecule has 2 N–H and O–H groups in total. The van der Waals surface area contributed by atoms with Gasteiger partial charge in [0.2, 0.25) is 0 Å². The van der Waals surface area contributed by atoms with Crippen LogP contribution in [0.3, 0.4) is 0 Å². The number of halogens is 1. The van der Waals surface area contributed by atoms with Crippen molar-refractivity contribution in [3.63, 3.8) is 0 Å². The van der Waals surface area contributed by atoms with Gasteiger partial charge in [0.1, 0.15) is 21.5 Å². The van der Waals surface area contributed by atoms with Crippen LogP contribution in [0.2, 0.25) is 5.15 Å². The Labute approximate surface area is 168 Å². The molecule has 0 aliphatic carbocycles. The minimum absolute atomic E-state index is 0.0243. The molecular formula is C17H21ClN4O5S. The van der Waals surface area contributed by atoms with Gasteiger partial charge < -0.3 is 9.84 Å². The number of aromatic nitrogens is 2. The average molecular weight is 429 g/mol. The third-order valence-electron chi connectivity index (χ3n) is 3.77. The van der Waals surface area contributed by atoms with Crippen molar-refractivity contribution in [2.75, 3.05) is 11.8 Å². The highest BCUT2D eigenvalue weighted by Crippen LogP contribution is 2.27. The van der Waals surface area contributed by atoms with Crippen molar-refractivity contribution >= 4 is 33.4 Å². The highest BCUT2D eigenvalue weighted by molar-refractivity contribution is 7.92.